The van der Waals surface area contributed by atoms with Crippen molar-refractivity contribution >= 4 is 23.1 Å². The van der Waals surface area contributed by atoms with Gasteiger partial charge in [-0.2, -0.15) is 0 Å². The molecule has 18 heavy (non-hydrogen) atoms. The van der Waals surface area contributed by atoms with Crippen LogP contribution in [0.3, 0.4) is 0 Å². The number of thioether (sulfide) groups is 1. The summed E-state index contributed by atoms with van der Waals surface area (Å²) in [5.41, 5.74) is 0.915. The zero-order valence-electron chi connectivity index (χ0n) is 9.52. The Morgan fingerprint density at radius 2 is 2.11 bits per heavy atom. The van der Waals surface area contributed by atoms with Gasteiger partial charge in [-0.05, 0) is 23.6 Å². The van der Waals surface area contributed by atoms with Gasteiger partial charge < -0.3 is 5.11 Å². The van der Waals surface area contributed by atoms with E-state index in [9.17, 15) is 4.39 Å². The fourth-order valence-corrected chi connectivity index (χ4v) is 3.29. The van der Waals surface area contributed by atoms with Crippen molar-refractivity contribution in [1.29, 1.82) is 0 Å². The lowest BCUT2D eigenvalue weighted by molar-refractivity contribution is 0.350. The van der Waals surface area contributed by atoms with Crippen molar-refractivity contribution in [2.24, 2.45) is 0 Å². The summed E-state index contributed by atoms with van der Waals surface area (Å²) >= 11 is 3.06. The van der Waals surface area contributed by atoms with Gasteiger partial charge in [0.25, 0.3) is 0 Å². The lowest BCUT2D eigenvalue weighted by Gasteiger charge is -2.01. The van der Waals surface area contributed by atoms with Crippen molar-refractivity contribution in [1.82, 2.24) is 0 Å². The fourth-order valence-electron chi connectivity index (χ4n) is 1.40. The van der Waals surface area contributed by atoms with E-state index in [0.717, 1.165) is 10.4 Å². The van der Waals surface area contributed by atoms with Crippen molar-refractivity contribution in [3.8, 4) is 11.8 Å². The summed E-state index contributed by atoms with van der Waals surface area (Å²) in [6, 6.07) is 8.66. The maximum absolute atomic E-state index is 13.4. The molecule has 0 unspecified atom stereocenters. The Kier molecular flexibility index (Phi) is 4.82. The second-order valence-corrected chi connectivity index (χ2v) is 5.45. The Morgan fingerprint density at radius 1 is 1.28 bits per heavy atom. The maximum Gasteiger partial charge on any atom is 0.136 e. The first-order valence-electron chi connectivity index (χ1n) is 5.34. The minimum atomic E-state index is -0.193. The molecule has 1 N–H and O–H groups in total. The van der Waals surface area contributed by atoms with Gasteiger partial charge in [0.2, 0.25) is 0 Å². The smallest absolute Gasteiger partial charge is 0.136 e. The van der Waals surface area contributed by atoms with E-state index in [1.54, 1.807) is 23.5 Å². The number of hydrogen-bond donors (Lipinski definition) is 1. The zero-order chi connectivity index (χ0) is 12.8. The van der Waals surface area contributed by atoms with Crippen LogP contribution < -0.4 is 0 Å². The number of hydrogen-bond acceptors (Lipinski definition) is 3. The van der Waals surface area contributed by atoms with E-state index < -0.39 is 0 Å². The number of aliphatic hydroxyl groups is 1. The van der Waals surface area contributed by atoms with Gasteiger partial charge in [0.15, 0.2) is 0 Å². The molecular weight excluding hydrogens is 267 g/mol. The molecule has 1 aromatic heterocycles. The van der Waals surface area contributed by atoms with Crippen molar-refractivity contribution in [3.05, 3.63) is 52.0 Å². The fraction of sp³-hybridized carbons (Fsp3) is 0.143. The van der Waals surface area contributed by atoms with Gasteiger partial charge in [0.1, 0.15) is 12.4 Å². The molecule has 1 heterocycles. The zero-order valence-corrected chi connectivity index (χ0v) is 11.2. The predicted octanol–water partition coefficient (Wildman–Crippen LogP) is 3.52. The topological polar surface area (TPSA) is 20.2 Å². The molecule has 0 saturated carbocycles. The van der Waals surface area contributed by atoms with Gasteiger partial charge in [-0.15, -0.1) is 23.1 Å². The Balaban J connectivity index is 2.07. The molecule has 0 aliphatic heterocycles. The summed E-state index contributed by atoms with van der Waals surface area (Å²) in [6.07, 6.45) is 0. The first-order chi connectivity index (χ1) is 8.81. The third kappa shape index (κ3) is 3.36. The van der Waals surface area contributed by atoms with Crippen molar-refractivity contribution in [2.75, 3.05) is 6.61 Å². The number of thiophene rings is 1. The first kappa shape index (κ1) is 13.2. The Morgan fingerprint density at radius 3 is 2.89 bits per heavy atom. The summed E-state index contributed by atoms with van der Waals surface area (Å²) in [5.74, 6) is 6.02. The van der Waals surface area contributed by atoms with Crippen LogP contribution in [0, 0.1) is 17.7 Å². The second-order valence-electron chi connectivity index (χ2n) is 3.44. The van der Waals surface area contributed by atoms with E-state index in [0.29, 0.717) is 10.6 Å². The minimum absolute atomic E-state index is 0.143. The number of aliphatic hydroxyl groups excluding tert-OH is 1. The molecule has 1 nitrogen and oxygen atoms in total. The van der Waals surface area contributed by atoms with E-state index in [4.69, 9.17) is 5.11 Å². The molecule has 0 aliphatic rings. The molecule has 0 spiro atoms. The van der Waals surface area contributed by atoms with Gasteiger partial charge in [-0.3, -0.25) is 0 Å². The SMILES string of the molecule is OCC#Cc1ccsc1CSc1ccccc1F. The molecule has 0 atom stereocenters. The highest BCUT2D eigenvalue weighted by molar-refractivity contribution is 7.98. The monoisotopic (exact) mass is 278 g/mol. The lowest BCUT2D eigenvalue weighted by atomic mass is 10.3. The highest BCUT2D eigenvalue weighted by Crippen LogP contribution is 2.28. The van der Waals surface area contributed by atoms with Crippen LogP contribution in [0.1, 0.15) is 10.4 Å². The van der Waals surface area contributed by atoms with Crippen LogP contribution in [0.15, 0.2) is 40.6 Å². The van der Waals surface area contributed by atoms with Gasteiger partial charge in [0, 0.05) is 21.1 Å². The van der Waals surface area contributed by atoms with Crippen LogP contribution >= 0.6 is 23.1 Å². The maximum atomic E-state index is 13.4. The molecule has 0 fully saturated rings. The molecule has 92 valence electrons. The first-order valence-corrected chi connectivity index (χ1v) is 7.21. The summed E-state index contributed by atoms with van der Waals surface area (Å²) < 4.78 is 13.4. The van der Waals surface area contributed by atoms with Gasteiger partial charge in [0.05, 0.1) is 0 Å². The van der Waals surface area contributed by atoms with Crippen molar-refractivity contribution in [2.45, 2.75) is 10.6 Å². The molecule has 0 saturated heterocycles. The van der Waals surface area contributed by atoms with Crippen LogP contribution in [-0.4, -0.2) is 11.7 Å². The van der Waals surface area contributed by atoms with Crippen molar-refractivity contribution < 1.29 is 9.50 Å². The standard InChI is InChI=1S/C14H11FOS2/c15-12-5-1-2-6-13(12)18-10-14-11(4-3-8-16)7-9-17-14/h1-2,5-7,9,16H,8,10H2. The molecule has 4 heteroatoms. The number of rotatable bonds is 3. The van der Waals surface area contributed by atoms with Gasteiger partial charge >= 0.3 is 0 Å². The summed E-state index contributed by atoms with van der Waals surface area (Å²) in [4.78, 5) is 1.75. The van der Waals surface area contributed by atoms with Crippen LogP contribution in [0.4, 0.5) is 4.39 Å². The molecule has 2 aromatic rings. The quantitative estimate of drug-likeness (QED) is 0.684. The largest absolute Gasteiger partial charge is 0.384 e. The average molecular weight is 278 g/mol. The Labute approximate surface area is 114 Å². The van der Waals surface area contributed by atoms with E-state index in [2.05, 4.69) is 11.8 Å². The van der Waals surface area contributed by atoms with E-state index in [1.807, 2.05) is 17.5 Å². The lowest BCUT2D eigenvalue weighted by Crippen LogP contribution is -1.83. The van der Waals surface area contributed by atoms with Crippen molar-refractivity contribution in [3.63, 3.8) is 0 Å². The molecule has 2 rings (SSSR count). The molecule has 1 aromatic carbocycles. The highest BCUT2D eigenvalue weighted by atomic mass is 32.2. The Hall–Kier alpha value is -1.28. The summed E-state index contributed by atoms with van der Waals surface area (Å²) in [7, 11) is 0. The third-order valence-electron chi connectivity index (χ3n) is 2.24. The molecule has 0 aliphatic carbocycles. The molecule has 0 radical (unpaired) electrons. The predicted molar refractivity (Wildman–Crippen MR) is 74.2 cm³/mol. The van der Waals surface area contributed by atoms with Crippen LogP contribution in [-0.2, 0) is 5.75 Å². The number of halogens is 1. The third-order valence-corrected chi connectivity index (χ3v) is 4.42. The molecular formula is C14H11FOS2. The normalized spacial score (nSPS) is 9.89. The van der Waals surface area contributed by atoms with E-state index in [1.165, 1.54) is 17.8 Å². The average Bonchev–Trinajstić information content (AvgIpc) is 2.83. The van der Waals surface area contributed by atoms with Gasteiger partial charge in [-0.25, -0.2) is 4.39 Å². The highest BCUT2D eigenvalue weighted by Gasteiger charge is 2.05. The number of benzene rings is 1. The summed E-state index contributed by atoms with van der Waals surface area (Å²) in [5, 5.41) is 10.6. The van der Waals surface area contributed by atoms with E-state index in [-0.39, 0.29) is 12.4 Å². The van der Waals surface area contributed by atoms with Crippen LogP contribution in [0.5, 0.6) is 0 Å². The van der Waals surface area contributed by atoms with Crippen LogP contribution in [0.25, 0.3) is 0 Å². The van der Waals surface area contributed by atoms with E-state index >= 15 is 0 Å². The molecule has 0 bridgehead atoms. The van der Waals surface area contributed by atoms with Crippen LogP contribution in [0.2, 0.25) is 0 Å². The summed E-state index contributed by atoms with van der Waals surface area (Å²) in [6.45, 7) is -0.143. The minimum Gasteiger partial charge on any atom is -0.384 e. The van der Waals surface area contributed by atoms with Gasteiger partial charge in [-0.1, -0.05) is 24.0 Å². The molecule has 0 amide bonds. The Bertz CT molecular complexity index is 581. The second kappa shape index (κ2) is 6.60.